The number of carboxylic acids is 1. The van der Waals surface area contributed by atoms with Crippen molar-refractivity contribution in [3.63, 3.8) is 0 Å². The number of rotatable bonds is 4. The maximum Gasteiger partial charge on any atom is 0.335 e. The van der Waals surface area contributed by atoms with Crippen LogP contribution in [-0.4, -0.2) is 11.1 Å². The van der Waals surface area contributed by atoms with Crippen molar-refractivity contribution in [3.05, 3.63) is 64.5 Å². The molecule has 0 aliphatic carbocycles. The number of nitriles is 1. The largest absolute Gasteiger partial charge is 0.488 e. The summed E-state index contributed by atoms with van der Waals surface area (Å²) in [7, 11) is 0. The first-order valence-electron chi connectivity index (χ1n) is 6.17. The second kappa shape index (κ2) is 6.06. The van der Waals surface area contributed by atoms with E-state index in [2.05, 4.69) is 0 Å². The molecule has 0 radical (unpaired) electrons. The average Bonchev–Trinajstić information content (AvgIpc) is 2.47. The normalized spacial score (nSPS) is 9.95. The second-order valence-corrected chi connectivity index (χ2v) is 4.46. The zero-order valence-electron chi connectivity index (χ0n) is 11.3. The summed E-state index contributed by atoms with van der Waals surface area (Å²) in [4.78, 5) is 10.9. The molecule has 106 valence electrons. The first-order chi connectivity index (χ1) is 10.0. The van der Waals surface area contributed by atoms with Crippen LogP contribution in [0, 0.1) is 24.1 Å². The van der Waals surface area contributed by atoms with E-state index in [0.29, 0.717) is 5.75 Å². The standard InChI is InChI=1S/C16H12FNO3/c1-10-5-6-11(16(19)20)7-14(10)21-9-13-4-2-3-12(8-18)15(13)17/h2-7H,9H2,1H3,(H,19,20). The highest BCUT2D eigenvalue weighted by atomic mass is 19.1. The highest BCUT2D eigenvalue weighted by molar-refractivity contribution is 5.88. The van der Waals surface area contributed by atoms with E-state index in [0.717, 1.165) is 5.56 Å². The zero-order chi connectivity index (χ0) is 15.4. The predicted octanol–water partition coefficient (Wildman–Crippen LogP) is 3.28. The number of carboxylic acid groups (broad SMARTS) is 1. The minimum atomic E-state index is -1.06. The Labute approximate surface area is 121 Å². The lowest BCUT2D eigenvalue weighted by Gasteiger charge is -2.11. The van der Waals surface area contributed by atoms with E-state index in [4.69, 9.17) is 15.1 Å². The van der Waals surface area contributed by atoms with Gasteiger partial charge in [0.1, 0.15) is 24.2 Å². The van der Waals surface area contributed by atoms with E-state index in [9.17, 15) is 9.18 Å². The summed E-state index contributed by atoms with van der Waals surface area (Å²) in [5.74, 6) is -1.30. The van der Waals surface area contributed by atoms with Gasteiger partial charge in [0.15, 0.2) is 0 Å². The van der Waals surface area contributed by atoms with Gasteiger partial charge >= 0.3 is 5.97 Å². The fourth-order valence-corrected chi connectivity index (χ4v) is 1.82. The molecule has 0 saturated carbocycles. The molecule has 0 atom stereocenters. The number of benzene rings is 2. The summed E-state index contributed by atoms with van der Waals surface area (Å²) >= 11 is 0. The predicted molar refractivity (Wildman–Crippen MR) is 73.6 cm³/mol. The van der Waals surface area contributed by atoms with Gasteiger partial charge in [-0.1, -0.05) is 18.2 Å². The van der Waals surface area contributed by atoms with Gasteiger partial charge in [-0.25, -0.2) is 9.18 Å². The lowest BCUT2D eigenvalue weighted by atomic mass is 10.1. The molecule has 1 N–H and O–H groups in total. The van der Waals surface area contributed by atoms with E-state index in [-0.39, 0.29) is 23.3 Å². The fraction of sp³-hybridized carbons (Fsp3) is 0.125. The van der Waals surface area contributed by atoms with E-state index < -0.39 is 11.8 Å². The molecule has 0 aromatic heterocycles. The van der Waals surface area contributed by atoms with Crippen LogP contribution in [0.15, 0.2) is 36.4 Å². The van der Waals surface area contributed by atoms with Crippen LogP contribution in [0.5, 0.6) is 5.75 Å². The third-order valence-corrected chi connectivity index (χ3v) is 3.02. The molecule has 2 aromatic rings. The van der Waals surface area contributed by atoms with Crippen LogP contribution in [0.3, 0.4) is 0 Å². The molecule has 0 aliphatic rings. The van der Waals surface area contributed by atoms with Crippen molar-refractivity contribution in [2.24, 2.45) is 0 Å². The van der Waals surface area contributed by atoms with Crippen molar-refractivity contribution in [2.75, 3.05) is 0 Å². The summed E-state index contributed by atoms with van der Waals surface area (Å²) in [5, 5.41) is 17.7. The lowest BCUT2D eigenvalue weighted by Crippen LogP contribution is -2.03. The molecular formula is C16H12FNO3. The first-order valence-corrected chi connectivity index (χ1v) is 6.17. The minimum Gasteiger partial charge on any atom is -0.488 e. The Balaban J connectivity index is 2.23. The Morgan fingerprint density at radius 2 is 2.14 bits per heavy atom. The van der Waals surface area contributed by atoms with Gasteiger partial charge in [0.2, 0.25) is 0 Å². The van der Waals surface area contributed by atoms with Gasteiger partial charge in [-0.15, -0.1) is 0 Å². The van der Waals surface area contributed by atoms with Gasteiger partial charge in [0.25, 0.3) is 0 Å². The number of hydrogen-bond acceptors (Lipinski definition) is 3. The van der Waals surface area contributed by atoms with E-state index in [1.165, 1.54) is 24.3 Å². The van der Waals surface area contributed by atoms with Crippen molar-refractivity contribution in [3.8, 4) is 11.8 Å². The molecule has 0 heterocycles. The highest BCUT2D eigenvalue weighted by Gasteiger charge is 2.10. The van der Waals surface area contributed by atoms with E-state index >= 15 is 0 Å². The van der Waals surface area contributed by atoms with Gasteiger partial charge in [0.05, 0.1) is 11.1 Å². The zero-order valence-corrected chi connectivity index (χ0v) is 11.3. The second-order valence-electron chi connectivity index (χ2n) is 4.46. The maximum absolute atomic E-state index is 13.9. The van der Waals surface area contributed by atoms with Crippen LogP contribution >= 0.6 is 0 Å². The number of ether oxygens (including phenoxy) is 1. The van der Waals surface area contributed by atoms with Gasteiger partial charge < -0.3 is 9.84 Å². The van der Waals surface area contributed by atoms with Crippen LogP contribution in [0.2, 0.25) is 0 Å². The Bertz CT molecular complexity index is 735. The molecule has 0 unspecified atom stereocenters. The topological polar surface area (TPSA) is 70.3 Å². The van der Waals surface area contributed by atoms with E-state index in [1.54, 1.807) is 25.1 Å². The summed E-state index contributed by atoms with van der Waals surface area (Å²) in [5.41, 5.74) is 1.04. The molecule has 0 aliphatic heterocycles. The van der Waals surface area contributed by atoms with Crippen LogP contribution in [0.4, 0.5) is 4.39 Å². The van der Waals surface area contributed by atoms with Gasteiger partial charge in [-0.2, -0.15) is 5.26 Å². The molecule has 0 saturated heterocycles. The smallest absolute Gasteiger partial charge is 0.335 e. The quantitative estimate of drug-likeness (QED) is 0.935. The Kier molecular flexibility index (Phi) is 4.19. The Morgan fingerprint density at radius 3 is 2.81 bits per heavy atom. The van der Waals surface area contributed by atoms with Crippen molar-refractivity contribution in [2.45, 2.75) is 13.5 Å². The summed E-state index contributed by atoms with van der Waals surface area (Å²) in [6.45, 7) is 1.69. The van der Waals surface area contributed by atoms with Crippen molar-refractivity contribution >= 4 is 5.97 Å². The monoisotopic (exact) mass is 285 g/mol. The molecule has 5 heteroatoms. The number of hydrogen-bond donors (Lipinski definition) is 1. The van der Waals surface area contributed by atoms with Gasteiger partial charge in [0, 0.05) is 5.56 Å². The molecule has 21 heavy (non-hydrogen) atoms. The lowest BCUT2D eigenvalue weighted by molar-refractivity contribution is 0.0696. The Hall–Kier alpha value is -2.87. The summed E-state index contributed by atoms with van der Waals surface area (Å²) in [6, 6.07) is 10.7. The van der Waals surface area contributed by atoms with Crippen LogP contribution < -0.4 is 4.74 Å². The molecule has 0 bridgehead atoms. The number of nitrogens with zero attached hydrogens (tertiary/aromatic N) is 1. The first kappa shape index (κ1) is 14.5. The summed E-state index contributed by atoms with van der Waals surface area (Å²) < 4.78 is 19.4. The molecule has 0 fully saturated rings. The molecular weight excluding hydrogens is 273 g/mol. The van der Waals surface area contributed by atoms with Crippen LogP contribution in [-0.2, 0) is 6.61 Å². The molecule has 0 amide bonds. The highest BCUT2D eigenvalue weighted by Crippen LogP contribution is 2.22. The third-order valence-electron chi connectivity index (χ3n) is 3.02. The van der Waals surface area contributed by atoms with Crippen molar-refractivity contribution < 1.29 is 19.0 Å². The number of aryl methyl sites for hydroxylation is 1. The average molecular weight is 285 g/mol. The van der Waals surface area contributed by atoms with Crippen molar-refractivity contribution in [1.29, 1.82) is 5.26 Å². The molecule has 2 aromatic carbocycles. The molecule has 2 rings (SSSR count). The van der Waals surface area contributed by atoms with E-state index in [1.807, 2.05) is 0 Å². The fourth-order valence-electron chi connectivity index (χ4n) is 1.82. The third kappa shape index (κ3) is 3.18. The van der Waals surface area contributed by atoms with Gasteiger partial charge in [-0.05, 0) is 30.7 Å². The van der Waals surface area contributed by atoms with Crippen LogP contribution in [0.25, 0.3) is 0 Å². The van der Waals surface area contributed by atoms with Crippen LogP contribution in [0.1, 0.15) is 27.0 Å². The minimum absolute atomic E-state index is 0.0490. The van der Waals surface area contributed by atoms with Gasteiger partial charge in [-0.3, -0.25) is 0 Å². The van der Waals surface area contributed by atoms with Crippen molar-refractivity contribution in [1.82, 2.24) is 0 Å². The Morgan fingerprint density at radius 1 is 1.38 bits per heavy atom. The maximum atomic E-state index is 13.9. The summed E-state index contributed by atoms with van der Waals surface area (Å²) in [6.07, 6.45) is 0. The molecule has 0 spiro atoms. The number of carbonyl (C=O) groups is 1. The SMILES string of the molecule is Cc1ccc(C(=O)O)cc1OCc1cccc(C#N)c1F. The molecule has 4 nitrogen and oxygen atoms in total. The number of aromatic carboxylic acids is 1. The number of halogens is 1.